The molecule has 0 aliphatic heterocycles. The summed E-state index contributed by atoms with van der Waals surface area (Å²) in [4.78, 5) is 0. The van der Waals surface area contributed by atoms with Gasteiger partial charge in [-0.15, -0.1) is 0 Å². The highest BCUT2D eigenvalue weighted by atomic mass is 32.2. The molecule has 0 N–H and O–H groups in total. The zero-order valence-corrected chi connectivity index (χ0v) is 16.6. The smallest absolute Gasteiger partial charge is 0.248 e. The molecule has 2 aromatic rings. The van der Waals surface area contributed by atoms with E-state index in [2.05, 4.69) is 5.10 Å². The zero-order chi connectivity index (χ0) is 21.1. The van der Waals surface area contributed by atoms with E-state index in [4.69, 9.17) is 10.00 Å². The maximum Gasteiger partial charge on any atom is 0.248 e. The Bertz CT molecular complexity index is 1020. The molecular formula is C20H21F2N3O3S. The van der Waals surface area contributed by atoms with Crippen LogP contribution in [0.25, 0.3) is 5.69 Å². The average molecular weight is 421 g/mol. The summed E-state index contributed by atoms with van der Waals surface area (Å²) >= 11 is 0. The number of halogens is 2. The van der Waals surface area contributed by atoms with E-state index in [-0.39, 0.29) is 31.8 Å². The van der Waals surface area contributed by atoms with Crippen molar-refractivity contribution in [3.05, 3.63) is 53.7 Å². The molecule has 1 fully saturated rings. The number of sulfone groups is 1. The Morgan fingerprint density at radius 2 is 2.10 bits per heavy atom. The molecule has 9 heteroatoms. The van der Waals surface area contributed by atoms with Crippen LogP contribution in [0.4, 0.5) is 8.78 Å². The van der Waals surface area contributed by atoms with Crippen LogP contribution in [0.2, 0.25) is 0 Å². The van der Waals surface area contributed by atoms with Gasteiger partial charge in [-0.3, -0.25) is 0 Å². The summed E-state index contributed by atoms with van der Waals surface area (Å²) in [5.41, 5.74) is 1.17. The van der Waals surface area contributed by atoms with E-state index < -0.39 is 21.7 Å². The lowest BCUT2D eigenvalue weighted by molar-refractivity contribution is -0.0698. The molecule has 1 saturated carbocycles. The van der Waals surface area contributed by atoms with E-state index in [0.29, 0.717) is 11.3 Å². The normalized spacial score (nSPS) is 21.7. The van der Waals surface area contributed by atoms with Crippen molar-refractivity contribution in [3.8, 4) is 17.5 Å². The number of alkyl halides is 2. The van der Waals surface area contributed by atoms with E-state index in [1.165, 1.54) is 12.3 Å². The van der Waals surface area contributed by atoms with Crippen molar-refractivity contribution in [2.45, 2.75) is 25.2 Å². The number of hydrogen-bond donors (Lipinski definition) is 0. The summed E-state index contributed by atoms with van der Waals surface area (Å²) < 4.78 is 57.7. The third-order valence-corrected chi connectivity index (χ3v) is 5.51. The summed E-state index contributed by atoms with van der Waals surface area (Å²) in [7, 11) is -3.31. The van der Waals surface area contributed by atoms with Crippen LogP contribution in [0.1, 0.15) is 24.8 Å². The summed E-state index contributed by atoms with van der Waals surface area (Å²) in [6.07, 6.45) is 5.25. The number of ether oxygens (including phenoxy) is 1. The number of hydrogen-bond acceptors (Lipinski definition) is 5. The van der Waals surface area contributed by atoms with Gasteiger partial charge in [0.1, 0.15) is 11.8 Å². The fraction of sp³-hybridized carbons (Fsp3) is 0.400. The van der Waals surface area contributed by atoms with Crippen molar-refractivity contribution < 1.29 is 21.9 Å². The van der Waals surface area contributed by atoms with E-state index in [0.717, 1.165) is 17.4 Å². The predicted molar refractivity (Wildman–Crippen MR) is 104 cm³/mol. The number of nitrogens with zero attached hydrogens (tertiary/aromatic N) is 3. The molecule has 29 heavy (non-hydrogen) atoms. The summed E-state index contributed by atoms with van der Waals surface area (Å²) in [5, 5.41) is 14.0. The molecule has 0 radical (unpaired) electrons. The van der Waals surface area contributed by atoms with Crippen LogP contribution in [-0.4, -0.2) is 37.0 Å². The van der Waals surface area contributed by atoms with Gasteiger partial charge in [-0.25, -0.2) is 21.9 Å². The maximum absolute atomic E-state index is 13.9. The van der Waals surface area contributed by atoms with Crippen molar-refractivity contribution in [1.82, 2.24) is 9.78 Å². The quantitative estimate of drug-likeness (QED) is 0.710. The van der Waals surface area contributed by atoms with Gasteiger partial charge < -0.3 is 4.74 Å². The van der Waals surface area contributed by atoms with Crippen molar-refractivity contribution in [1.29, 1.82) is 5.26 Å². The van der Waals surface area contributed by atoms with Crippen LogP contribution < -0.4 is 4.74 Å². The highest BCUT2D eigenvalue weighted by Crippen LogP contribution is 2.41. The first-order valence-corrected chi connectivity index (χ1v) is 11.0. The average Bonchev–Trinajstić information content (AvgIpc) is 3.14. The van der Waals surface area contributed by atoms with Gasteiger partial charge in [0.05, 0.1) is 24.1 Å². The maximum atomic E-state index is 13.9. The van der Waals surface area contributed by atoms with E-state index in [9.17, 15) is 17.2 Å². The molecular weight excluding hydrogens is 400 g/mol. The summed E-state index contributed by atoms with van der Waals surface area (Å²) in [5.74, 6) is -3.02. The predicted octanol–water partition coefficient (Wildman–Crippen LogP) is 3.73. The first kappa shape index (κ1) is 21.0. The van der Waals surface area contributed by atoms with Crippen LogP contribution in [0.5, 0.6) is 5.75 Å². The molecule has 2 atom stereocenters. The lowest BCUT2D eigenvalue weighted by Crippen LogP contribution is -2.35. The lowest BCUT2D eigenvalue weighted by Gasteiger charge is -2.34. The standard InChI is InChI=1S/C20H21F2N3O3S/c1-29(26,27)9-7-16-6-8-20(21,22)10-17(16)14-28-19-4-2-18(3-5-19)25-13-15(11-23)12-24-25/h2-5,7,9,12-13,16-17H,6,8,10,14H2,1H3/b9-7-. The molecule has 0 bridgehead atoms. The number of benzene rings is 1. The fourth-order valence-corrected chi connectivity index (χ4v) is 3.84. The Labute approximate surface area is 168 Å². The highest BCUT2D eigenvalue weighted by Gasteiger charge is 2.40. The third-order valence-electron chi connectivity index (χ3n) is 4.86. The van der Waals surface area contributed by atoms with Gasteiger partial charge in [0.2, 0.25) is 5.92 Å². The van der Waals surface area contributed by atoms with Gasteiger partial charge >= 0.3 is 0 Å². The highest BCUT2D eigenvalue weighted by molar-refractivity contribution is 7.93. The Morgan fingerprint density at radius 1 is 1.38 bits per heavy atom. The molecule has 1 aromatic carbocycles. The van der Waals surface area contributed by atoms with Crippen molar-refractivity contribution in [2.75, 3.05) is 12.9 Å². The van der Waals surface area contributed by atoms with Gasteiger partial charge in [-0.2, -0.15) is 10.4 Å². The molecule has 1 aliphatic carbocycles. The van der Waals surface area contributed by atoms with E-state index in [1.807, 2.05) is 6.07 Å². The molecule has 0 saturated heterocycles. The monoisotopic (exact) mass is 421 g/mol. The molecule has 154 valence electrons. The molecule has 3 rings (SSSR count). The van der Waals surface area contributed by atoms with Crippen molar-refractivity contribution in [3.63, 3.8) is 0 Å². The number of rotatable bonds is 6. The topological polar surface area (TPSA) is 85.0 Å². The van der Waals surface area contributed by atoms with Gasteiger partial charge in [0.15, 0.2) is 9.84 Å². The second-order valence-corrected chi connectivity index (χ2v) is 9.20. The SMILES string of the molecule is CS(=O)(=O)/C=C\C1CCC(F)(F)CC1COc1ccc(-n2cc(C#N)cn2)cc1. The Balaban J connectivity index is 1.67. The van der Waals surface area contributed by atoms with Crippen LogP contribution in [0, 0.1) is 23.2 Å². The Kier molecular flexibility index (Phi) is 6.03. The molecule has 0 spiro atoms. The molecule has 1 aromatic heterocycles. The second kappa shape index (κ2) is 8.33. The minimum Gasteiger partial charge on any atom is -0.493 e. The van der Waals surface area contributed by atoms with Crippen LogP contribution >= 0.6 is 0 Å². The molecule has 2 unspecified atom stereocenters. The first-order chi connectivity index (χ1) is 13.6. The Morgan fingerprint density at radius 3 is 2.72 bits per heavy atom. The zero-order valence-electron chi connectivity index (χ0n) is 15.8. The third kappa shape index (κ3) is 5.87. The molecule has 1 aliphatic rings. The van der Waals surface area contributed by atoms with Crippen molar-refractivity contribution in [2.24, 2.45) is 11.8 Å². The second-order valence-electron chi connectivity index (χ2n) is 7.27. The van der Waals surface area contributed by atoms with Crippen LogP contribution in [0.3, 0.4) is 0 Å². The first-order valence-electron chi connectivity index (χ1n) is 9.09. The van der Waals surface area contributed by atoms with Crippen LogP contribution in [0.15, 0.2) is 48.1 Å². The summed E-state index contributed by atoms with van der Waals surface area (Å²) in [6.45, 7) is 0.0635. The van der Waals surface area contributed by atoms with Gasteiger partial charge in [-0.1, -0.05) is 6.08 Å². The minimum atomic E-state index is -3.31. The largest absolute Gasteiger partial charge is 0.493 e. The van der Waals surface area contributed by atoms with E-state index >= 15 is 0 Å². The Hall–Kier alpha value is -2.73. The van der Waals surface area contributed by atoms with Crippen molar-refractivity contribution >= 4 is 9.84 Å². The number of aromatic nitrogens is 2. The van der Waals surface area contributed by atoms with Gasteiger partial charge in [-0.05, 0) is 36.6 Å². The molecule has 0 amide bonds. The van der Waals surface area contributed by atoms with Crippen LogP contribution in [-0.2, 0) is 9.84 Å². The van der Waals surface area contributed by atoms with E-state index in [1.54, 1.807) is 35.1 Å². The van der Waals surface area contributed by atoms with Gasteiger partial charge in [0, 0.05) is 36.6 Å². The number of allylic oxidation sites excluding steroid dienone is 1. The molecule has 6 nitrogen and oxygen atoms in total. The minimum absolute atomic E-state index is 0.0635. The fourth-order valence-electron chi connectivity index (χ4n) is 3.35. The lowest BCUT2D eigenvalue weighted by atomic mass is 9.78. The van der Waals surface area contributed by atoms with Gasteiger partial charge in [0.25, 0.3) is 0 Å². The molecule has 1 heterocycles. The number of nitriles is 1. The summed E-state index contributed by atoms with van der Waals surface area (Å²) in [6, 6.07) is 8.90.